The largest absolute Gasteiger partial charge is 0.495 e. The number of methoxy groups -OCH3 is 1. The van der Waals surface area contributed by atoms with Gasteiger partial charge in [-0.15, -0.1) is 0 Å². The van der Waals surface area contributed by atoms with Gasteiger partial charge in [0.1, 0.15) is 29.7 Å². The van der Waals surface area contributed by atoms with Gasteiger partial charge < -0.3 is 14.8 Å². The Morgan fingerprint density at radius 3 is 2.54 bits per heavy atom. The minimum atomic E-state index is -0.758. The molecule has 0 fully saturated rings. The molecule has 4 aromatic carbocycles. The summed E-state index contributed by atoms with van der Waals surface area (Å²) >= 11 is 6.27. The van der Waals surface area contributed by atoms with Crippen LogP contribution in [-0.2, 0) is 11.4 Å². The predicted molar refractivity (Wildman–Crippen MR) is 142 cm³/mol. The van der Waals surface area contributed by atoms with E-state index in [4.69, 9.17) is 21.1 Å². The Kier molecular flexibility index (Phi) is 7.67. The normalized spacial score (nSPS) is 11.0. The predicted octanol–water partition coefficient (Wildman–Crippen LogP) is 6.53. The second-order valence-corrected chi connectivity index (χ2v) is 8.25. The molecule has 0 aromatic heterocycles. The zero-order valence-electron chi connectivity index (χ0n) is 19.6. The van der Waals surface area contributed by atoms with Crippen LogP contribution in [0.3, 0.4) is 0 Å². The number of non-ortho nitro benzene ring substituents is 1. The number of rotatable bonds is 8. The molecular weight excluding hydrogens is 494 g/mol. The first-order chi connectivity index (χ1) is 17.9. The number of hydrogen-bond donors (Lipinski definition) is 1. The zero-order chi connectivity index (χ0) is 26.4. The molecule has 37 heavy (non-hydrogen) atoms. The summed E-state index contributed by atoms with van der Waals surface area (Å²) in [7, 11) is 1.37. The number of halogens is 1. The third-order valence-corrected chi connectivity index (χ3v) is 5.94. The maximum atomic E-state index is 13.1. The molecule has 0 aliphatic carbocycles. The van der Waals surface area contributed by atoms with Crippen LogP contribution in [0.4, 0.5) is 11.4 Å². The van der Waals surface area contributed by atoms with Crippen LogP contribution in [0.25, 0.3) is 16.8 Å². The molecule has 0 saturated carbocycles. The van der Waals surface area contributed by atoms with Crippen LogP contribution in [-0.4, -0.2) is 17.9 Å². The van der Waals surface area contributed by atoms with E-state index in [2.05, 4.69) is 5.32 Å². The van der Waals surface area contributed by atoms with E-state index < -0.39 is 10.8 Å². The average molecular weight is 514 g/mol. The van der Waals surface area contributed by atoms with Gasteiger partial charge in [0, 0.05) is 28.3 Å². The number of nitrogens with zero attached hydrogens (tertiary/aromatic N) is 2. The lowest BCUT2D eigenvalue weighted by molar-refractivity contribution is -0.384. The number of ether oxygens (including phenoxy) is 2. The van der Waals surface area contributed by atoms with E-state index in [-0.39, 0.29) is 29.3 Å². The van der Waals surface area contributed by atoms with Crippen LogP contribution in [0, 0.1) is 21.4 Å². The van der Waals surface area contributed by atoms with Gasteiger partial charge in [0.05, 0.1) is 17.7 Å². The molecule has 0 saturated heterocycles. The highest BCUT2D eigenvalue weighted by molar-refractivity contribution is 6.31. The van der Waals surface area contributed by atoms with Crippen molar-refractivity contribution in [1.29, 1.82) is 5.26 Å². The molecule has 0 heterocycles. The summed E-state index contributed by atoms with van der Waals surface area (Å²) in [5, 5.41) is 25.8. The highest BCUT2D eigenvalue weighted by Gasteiger charge is 2.18. The van der Waals surface area contributed by atoms with Gasteiger partial charge >= 0.3 is 0 Å². The van der Waals surface area contributed by atoms with Crippen molar-refractivity contribution in [2.24, 2.45) is 0 Å². The van der Waals surface area contributed by atoms with E-state index >= 15 is 0 Å². The van der Waals surface area contributed by atoms with Gasteiger partial charge in [-0.3, -0.25) is 14.9 Å². The van der Waals surface area contributed by atoms with Crippen molar-refractivity contribution >= 4 is 45.7 Å². The smallest absolute Gasteiger partial charge is 0.271 e. The fraction of sp³-hybridized carbons (Fsp3) is 0.0714. The van der Waals surface area contributed by atoms with E-state index in [0.717, 1.165) is 16.3 Å². The fourth-order valence-electron chi connectivity index (χ4n) is 3.71. The van der Waals surface area contributed by atoms with Crippen LogP contribution in [0.2, 0.25) is 5.02 Å². The first kappa shape index (κ1) is 25.2. The van der Waals surface area contributed by atoms with Gasteiger partial charge in [-0.25, -0.2) is 0 Å². The summed E-state index contributed by atoms with van der Waals surface area (Å²) in [6.07, 6.45) is 1.43. The molecule has 1 N–H and O–H groups in total. The summed E-state index contributed by atoms with van der Waals surface area (Å²) in [6, 6.07) is 24.1. The highest BCUT2D eigenvalue weighted by atomic mass is 35.5. The topological polar surface area (TPSA) is 114 Å². The van der Waals surface area contributed by atoms with E-state index in [1.807, 2.05) is 54.6 Å². The molecule has 0 aliphatic rings. The Labute approximate surface area is 217 Å². The average Bonchev–Trinajstić information content (AvgIpc) is 2.91. The van der Waals surface area contributed by atoms with Gasteiger partial charge in [0.15, 0.2) is 0 Å². The van der Waals surface area contributed by atoms with Crippen molar-refractivity contribution < 1.29 is 19.2 Å². The second-order valence-electron chi connectivity index (χ2n) is 7.84. The van der Waals surface area contributed by atoms with E-state index in [0.29, 0.717) is 16.3 Å². The maximum absolute atomic E-state index is 13.1. The van der Waals surface area contributed by atoms with Crippen molar-refractivity contribution in [2.45, 2.75) is 6.61 Å². The molecule has 0 spiro atoms. The van der Waals surface area contributed by atoms with Crippen molar-refractivity contribution in [3.63, 3.8) is 0 Å². The Morgan fingerprint density at radius 2 is 1.81 bits per heavy atom. The number of nitriles is 1. The number of hydrogen-bond acceptors (Lipinski definition) is 6. The van der Waals surface area contributed by atoms with Crippen LogP contribution in [0.1, 0.15) is 11.1 Å². The monoisotopic (exact) mass is 513 g/mol. The molecule has 0 aliphatic heterocycles. The third kappa shape index (κ3) is 5.69. The van der Waals surface area contributed by atoms with Crippen LogP contribution in [0.15, 0.2) is 84.4 Å². The van der Waals surface area contributed by atoms with E-state index in [1.54, 1.807) is 12.1 Å². The van der Waals surface area contributed by atoms with Gasteiger partial charge in [-0.2, -0.15) is 5.26 Å². The minimum Gasteiger partial charge on any atom is -0.495 e. The molecule has 4 aromatic rings. The summed E-state index contributed by atoms with van der Waals surface area (Å²) in [6.45, 7) is 0.178. The summed E-state index contributed by atoms with van der Waals surface area (Å²) in [5.41, 5.74) is 0.914. The lowest BCUT2D eigenvalue weighted by Crippen LogP contribution is -2.14. The number of nitrogens with one attached hydrogen (secondary N) is 1. The molecule has 0 radical (unpaired) electrons. The lowest BCUT2D eigenvalue weighted by Gasteiger charge is -2.14. The maximum Gasteiger partial charge on any atom is 0.271 e. The van der Waals surface area contributed by atoms with Gasteiger partial charge in [0.2, 0.25) is 0 Å². The lowest BCUT2D eigenvalue weighted by atomic mass is 10.0. The number of nitro groups is 1. The summed E-state index contributed by atoms with van der Waals surface area (Å²) < 4.78 is 11.3. The number of nitro benzene ring substituents is 1. The summed E-state index contributed by atoms with van der Waals surface area (Å²) in [5.74, 6) is -0.0939. The van der Waals surface area contributed by atoms with Gasteiger partial charge in [0.25, 0.3) is 11.6 Å². The highest BCUT2D eigenvalue weighted by Crippen LogP contribution is 2.33. The quantitative estimate of drug-likeness (QED) is 0.124. The van der Waals surface area contributed by atoms with Crippen molar-refractivity contribution in [3.8, 4) is 17.6 Å². The molecule has 9 heteroatoms. The Balaban J connectivity index is 1.72. The van der Waals surface area contributed by atoms with Gasteiger partial charge in [-0.1, -0.05) is 60.1 Å². The molecule has 1 amide bonds. The Morgan fingerprint density at radius 1 is 1.08 bits per heavy atom. The van der Waals surface area contributed by atoms with Gasteiger partial charge in [-0.05, 0) is 35.0 Å². The molecule has 184 valence electrons. The first-order valence-corrected chi connectivity index (χ1v) is 11.4. The molecule has 8 nitrogen and oxygen atoms in total. The molecule has 0 atom stereocenters. The number of amides is 1. The molecule has 0 unspecified atom stereocenters. The number of carbonyl (C=O) groups is 1. The summed E-state index contributed by atoms with van der Waals surface area (Å²) in [4.78, 5) is 23.7. The zero-order valence-corrected chi connectivity index (χ0v) is 20.4. The Hall–Kier alpha value is -4.87. The standard InChI is InChI=1S/C28H20ClN3O5/c1-36-27-13-11-21(32(34)35)15-25(27)31-28(33)20(16-30)14-23-22-8-4-2-6-18(22)10-12-26(23)37-17-19-7-3-5-9-24(19)29/h2-15H,17H2,1H3,(H,31,33)/b20-14+. The number of anilines is 1. The van der Waals surface area contributed by atoms with Crippen molar-refractivity contribution in [3.05, 3.63) is 111 Å². The minimum absolute atomic E-state index is 0.0657. The molecular formula is C28H20ClN3O5. The SMILES string of the molecule is COc1ccc([N+](=O)[O-])cc1NC(=O)/C(C#N)=C/c1c(OCc2ccccc2Cl)ccc2ccccc12. The Bertz CT molecular complexity index is 1580. The number of carbonyl (C=O) groups excluding carboxylic acids is 1. The van der Waals surface area contributed by atoms with E-state index in [9.17, 15) is 20.2 Å². The molecule has 4 rings (SSSR count). The molecule has 0 bridgehead atoms. The van der Waals surface area contributed by atoms with E-state index in [1.165, 1.54) is 31.4 Å². The second kappa shape index (κ2) is 11.2. The third-order valence-electron chi connectivity index (χ3n) is 5.57. The number of fused-ring (bicyclic) bond motifs is 1. The van der Waals surface area contributed by atoms with Crippen LogP contribution >= 0.6 is 11.6 Å². The first-order valence-electron chi connectivity index (χ1n) is 11.0. The van der Waals surface area contributed by atoms with Crippen LogP contribution < -0.4 is 14.8 Å². The number of benzene rings is 4. The van der Waals surface area contributed by atoms with Crippen molar-refractivity contribution in [2.75, 3.05) is 12.4 Å². The van der Waals surface area contributed by atoms with Crippen molar-refractivity contribution in [1.82, 2.24) is 0 Å². The fourth-order valence-corrected chi connectivity index (χ4v) is 3.90. The van der Waals surface area contributed by atoms with Crippen LogP contribution in [0.5, 0.6) is 11.5 Å².